The number of hydrogen-bond acceptors (Lipinski definition) is 3. The van der Waals surface area contributed by atoms with Crippen molar-refractivity contribution in [1.82, 2.24) is 0 Å². The van der Waals surface area contributed by atoms with Crippen molar-refractivity contribution in [2.45, 2.75) is 19.8 Å². The van der Waals surface area contributed by atoms with Crippen LogP contribution in [0.3, 0.4) is 0 Å². The van der Waals surface area contributed by atoms with Gasteiger partial charge in [-0.05, 0) is 89.2 Å². The molecule has 1 aliphatic carbocycles. The maximum atomic E-state index is 5.98. The van der Waals surface area contributed by atoms with Gasteiger partial charge in [-0.25, -0.2) is 0 Å². The van der Waals surface area contributed by atoms with Crippen molar-refractivity contribution in [2.24, 2.45) is 0 Å². The van der Waals surface area contributed by atoms with Gasteiger partial charge in [0.2, 0.25) is 0 Å². The van der Waals surface area contributed by atoms with Crippen LogP contribution in [0.2, 0.25) is 0 Å². The SMILES string of the molecule is Cc1cc2cc3c(cc2s1)-c1cc2sc(N)cc2cc1CC3. The molecule has 0 bridgehead atoms. The van der Waals surface area contributed by atoms with Crippen molar-refractivity contribution in [3.63, 3.8) is 0 Å². The molecule has 0 saturated carbocycles. The van der Waals surface area contributed by atoms with Crippen LogP contribution in [-0.2, 0) is 12.8 Å². The molecule has 5 rings (SSSR count). The second-order valence-electron chi connectivity index (χ2n) is 6.10. The number of aryl methyl sites for hydroxylation is 3. The maximum Gasteiger partial charge on any atom is 0.0868 e. The third-order valence-electron chi connectivity index (χ3n) is 4.58. The summed E-state index contributed by atoms with van der Waals surface area (Å²) >= 11 is 3.58. The Bertz CT molecular complexity index is 966. The number of fused-ring (bicyclic) bond motifs is 5. The zero-order chi connectivity index (χ0) is 14.8. The topological polar surface area (TPSA) is 26.0 Å². The van der Waals surface area contributed by atoms with Gasteiger partial charge in [0.25, 0.3) is 0 Å². The van der Waals surface area contributed by atoms with Crippen LogP contribution >= 0.6 is 22.7 Å². The molecule has 1 aliphatic rings. The summed E-state index contributed by atoms with van der Waals surface area (Å²) in [6, 6.07) is 13.9. The van der Waals surface area contributed by atoms with E-state index in [0.717, 1.165) is 17.8 Å². The predicted octanol–water partition coefficient (Wildman–Crippen LogP) is 5.77. The summed E-state index contributed by atoms with van der Waals surface area (Å²) in [5.74, 6) is 0. The molecule has 0 amide bonds. The first-order valence-corrected chi connectivity index (χ1v) is 9.16. The van der Waals surface area contributed by atoms with E-state index in [9.17, 15) is 0 Å². The molecule has 0 fully saturated rings. The average Bonchev–Trinajstić information content (AvgIpc) is 3.02. The summed E-state index contributed by atoms with van der Waals surface area (Å²) in [5.41, 5.74) is 11.8. The van der Waals surface area contributed by atoms with Crippen LogP contribution in [0.5, 0.6) is 0 Å². The lowest BCUT2D eigenvalue weighted by Crippen LogP contribution is -2.03. The minimum absolute atomic E-state index is 0.905. The highest BCUT2D eigenvalue weighted by Gasteiger charge is 2.18. The number of anilines is 1. The van der Waals surface area contributed by atoms with Crippen molar-refractivity contribution < 1.29 is 0 Å². The Balaban J connectivity index is 1.83. The van der Waals surface area contributed by atoms with Crippen molar-refractivity contribution in [3.05, 3.63) is 52.4 Å². The summed E-state index contributed by atoms with van der Waals surface area (Å²) in [6.45, 7) is 2.19. The van der Waals surface area contributed by atoms with E-state index >= 15 is 0 Å². The first-order valence-electron chi connectivity index (χ1n) is 7.53. The number of benzene rings is 2. The van der Waals surface area contributed by atoms with Gasteiger partial charge in [-0.2, -0.15) is 0 Å². The Morgan fingerprint density at radius 1 is 0.773 bits per heavy atom. The smallest absolute Gasteiger partial charge is 0.0868 e. The first kappa shape index (κ1) is 12.7. The van der Waals surface area contributed by atoms with Crippen molar-refractivity contribution in [3.8, 4) is 11.1 Å². The Kier molecular flexibility index (Phi) is 2.50. The molecule has 0 radical (unpaired) electrons. The molecule has 2 N–H and O–H groups in total. The molecule has 22 heavy (non-hydrogen) atoms. The molecule has 2 heterocycles. The number of thiophene rings is 2. The molecule has 0 unspecified atom stereocenters. The van der Waals surface area contributed by atoms with Crippen LogP contribution in [0.1, 0.15) is 16.0 Å². The van der Waals surface area contributed by atoms with Crippen LogP contribution in [0, 0.1) is 6.92 Å². The highest BCUT2D eigenvalue weighted by molar-refractivity contribution is 7.22. The monoisotopic (exact) mass is 321 g/mol. The zero-order valence-corrected chi connectivity index (χ0v) is 13.9. The minimum atomic E-state index is 0.905. The van der Waals surface area contributed by atoms with Crippen molar-refractivity contribution in [2.75, 3.05) is 5.73 Å². The van der Waals surface area contributed by atoms with E-state index < -0.39 is 0 Å². The lowest BCUT2D eigenvalue weighted by atomic mass is 9.84. The van der Waals surface area contributed by atoms with E-state index in [-0.39, 0.29) is 0 Å². The Labute approximate surface area is 137 Å². The molecule has 3 heteroatoms. The predicted molar refractivity (Wildman–Crippen MR) is 99.2 cm³/mol. The van der Waals surface area contributed by atoms with Gasteiger partial charge >= 0.3 is 0 Å². The molecule has 2 aromatic heterocycles. The first-order chi connectivity index (χ1) is 10.7. The fourth-order valence-corrected chi connectivity index (χ4v) is 5.40. The average molecular weight is 321 g/mol. The van der Waals surface area contributed by atoms with Crippen LogP contribution in [0.25, 0.3) is 31.3 Å². The summed E-state index contributed by atoms with van der Waals surface area (Å²) in [7, 11) is 0. The summed E-state index contributed by atoms with van der Waals surface area (Å²) in [5, 5.41) is 3.59. The standard InChI is InChI=1S/C19H15NS2/c1-10-4-13-5-11-2-3-12-6-14-7-19(20)22-18(14)9-16(12)15(11)8-17(13)21-10/h4-9H,2-3,20H2,1H3. The van der Waals surface area contributed by atoms with Gasteiger partial charge < -0.3 is 5.73 Å². The molecule has 108 valence electrons. The molecule has 4 aromatic rings. The highest BCUT2D eigenvalue weighted by Crippen LogP contribution is 2.41. The number of nitrogens with two attached hydrogens (primary N) is 1. The van der Waals surface area contributed by atoms with Gasteiger partial charge in [-0.1, -0.05) is 0 Å². The minimum Gasteiger partial charge on any atom is -0.391 e. The molecule has 0 spiro atoms. The van der Waals surface area contributed by atoms with Crippen LogP contribution in [-0.4, -0.2) is 0 Å². The van der Waals surface area contributed by atoms with Crippen molar-refractivity contribution in [1.29, 1.82) is 0 Å². The normalized spacial score (nSPS) is 13.5. The lowest BCUT2D eigenvalue weighted by Gasteiger charge is -2.20. The second-order valence-corrected chi connectivity index (χ2v) is 8.50. The molecule has 0 atom stereocenters. The summed E-state index contributed by atoms with van der Waals surface area (Å²) in [4.78, 5) is 1.39. The molecular formula is C19H15NS2. The van der Waals surface area contributed by atoms with E-state index in [1.165, 1.54) is 47.3 Å². The second kappa shape index (κ2) is 4.34. The fourth-order valence-electron chi connectivity index (χ4n) is 3.61. The molecule has 1 nitrogen and oxygen atoms in total. The van der Waals surface area contributed by atoms with Gasteiger partial charge in [0.05, 0.1) is 5.00 Å². The maximum absolute atomic E-state index is 5.98. The van der Waals surface area contributed by atoms with Crippen molar-refractivity contribution >= 4 is 47.8 Å². The number of nitrogen functional groups attached to an aromatic ring is 1. The molecule has 0 saturated heterocycles. The zero-order valence-electron chi connectivity index (χ0n) is 12.3. The Morgan fingerprint density at radius 3 is 2.05 bits per heavy atom. The number of hydrogen-bond donors (Lipinski definition) is 1. The lowest BCUT2D eigenvalue weighted by molar-refractivity contribution is 0.947. The Hall–Kier alpha value is -1.84. The van der Waals surface area contributed by atoms with Crippen LogP contribution in [0.4, 0.5) is 5.00 Å². The molecule has 0 aliphatic heterocycles. The van der Waals surface area contributed by atoms with E-state index in [0.29, 0.717) is 0 Å². The van der Waals surface area contributed by atoms with E-state index in [1.807, 2.05) is 11.3 Å². The van der Waals surface area contributed by atoms with Crippen LogP contribution in [0.15, 0.2) is 36.4 Å². The summed E-state index contributed by atoms with van der Waals surface area (Å²) < 4.78 is 2.70. The molecule has 2 aromatic carbocycles. The third-order valence-corrected chi connectivity index (χ3v) is 6.52. The quantitative estimate of drug-likeness (QED) is 0.437. The van der Waals surface area contributed by atoms with E-state index in [2.05, 4.69) is 43.3 Å². The summed E-state index contributed by atoms with van der Waals surface area (Å²) in [6.07, 6.45) is 2.26. The van der Waals surface area contributed by atoms with Gasteiger partial charge in [-0.15, -0.1) is 22.7 Å². The third kappa shape index (κ3) is 1.76. The highest BCUT2D eigenvalue weighted by atomic mass is 32.1. The fraction of sp³-hybridized carbons (Fsp3) is 0.158. The van der Waals surface area contributed by atoms with Gasteiger partial charge in [0.1, 0.15) is 0 Å². The van der Waals surface area contributed by atoms with Gasteiger partial charge in [-0.3, -0.25) is 0 Å². The number of rotatable bonds is 0. The Morgan fingerprint density at radius 2 is 1.36 bits per heavy atom. The van der Waals surface area contributed by atoms with Gasteiger partial charge in [0, 0.05) is 14.3 Å². The largest absolute Gasteiger partial charge is 0.391 e. The molecular weight excluding hydrogens is 306 g/mol. The van der Waals surface area contributed by atoms with Crippen LogP contribution < -0.4 is 5.73 Å². The van der Waals surface area contributed by atoms with Gasteiger partial charge in [0.15, 0.2) is 0 Å². The van der Waals surface area contributed by atoms with E-state index in [1.54, 1.807) is 11.3 Å². The van der Waals surface area contributed by atoms with E-state index in [4.69, 9.17) is 5.73 Å².